The summed E-state index contributed by atoms with van der Waals surface area (Å²) >= 11 is 0. The summed E-state index contributed by atoms with van der Waals surface area (Å²) in [6.07, 6.45) is 3.60. The van der Waals surface area contributed by atoms with Gasteiger partial charge < -0.3 is 4.90 Å². The van der Waals surface area contributed by atoms with Crippen LogP contribution in [0, 0.1) is 0 Å². The van der Waals surface area contributed by atoms with Gasteiger partial charge in [-0.15, -0.1) is 0 Å². The van der Waals surface area contributed by atoms with Gasteiger partial charge in [0.1, 0.15) is 13.5 Å². The van der Waals surface area contributed by atoms with Gasteiger partial charge in [0.2, 0.25) is 0 Å². The minimum atomic E-state index is -0.264. The van der Waals surface area contributed by atoms with E-state index < -0.39 is 0 Å². The predicted molar refractivity (Wildman–Crippen MR) is 65.0 cm³/mol. The smallest absolute Gasteiger partial charge is 0.329 e. The average Bonchev–Trinajstić information content (AvgIpc) is 2.65. The van der Waals surface area contributed by atoms with Crippen LogP contribution in [0.15, 0.2) is 18.5 Å². The lowest BCUT2D eigenvalue weighted by Crippen LogP contribution is -2.26. The van der Waals surface area contributed by atoms with E-state index in [2.05, 4.69) is 4.98 Å². The number of aromatic nitrogens is 2. The second-order valence-electron chi connectivity index (χ2n) is 3.89. The van der Waals surface area contributed by atoms with Crippen molar-refractivity contribution in [3.8, 4) is 0 Å². The molecule has 0 fully saturated rings. The number of pyridine rings is 1. The van der Waals surface area contributed by atoms with E-state index in [1.54, 1.807) is 20.2 Å². The van der Waals surface area contributed by atoms with E-state index in [-0.39, 0.29) is 6.03 Å². The molecule has 84 valence electrons. The Kier molecular flexibility index (Phi) is 2.71. The molecule has 5 nitrogen and oxygen atoms in total. The molecule has 0 aliphatic carbocycles. The molecular formula is C11H10BN3O2. The quantitative estimate of drug-likeness (QED) is 0.515. The van der Waals surface area contributed by atoms with Gasteiger partial charge in [0.25, 0.3) is 0 Å². The van der Waals surface area contributed by atoms with Crippen molar-refractivity contribution in [3.05, 3.63) is 24.0 Å². The lowest BCUT2D eigenvalue weighted by molar-refractivity contribution is 0.112. The van der Waals surface area contributed by atoms with Gasteiger partial charge in [0, 0.05) is 37.4 Å². The summed E-state index contributed by atoms with van der Waals surface area (Å²) in [4.78, 5) is 28.3. The van der Waals surface area contributed by atoms with Crippen LogP contribution < -0.4 is 5.46 Å². The van der Waals surface area contributed by atoms with Gasteiger partial charge in [-0.2, -0.15) is 0 Å². The zero-order valence-electron chi connectivity index (χ0n) is 9.54. The Morgan fingerprint density at radius 2 is 2.24 bits per heavy atom. The van der Waals surface area contributed by atoms with E-state index >= 15 is 0 Å². The van der Waals surface area contributed by atoms with Crippen LogP contribution in [0.4, 0.5) is 4.79 Å². The normalized spacial score (nSPS) is 10.5. The Bertz CT molecular complexity index is 604. The van der Waals surface area contributed by atoms with Crippen LogP contribution in [0.25, 0.3) is 11.0 Å². The number of amides is 1. The van der Waals surface area contributed by atoms with Crippen LogP contribution in [-0.2, 0) is 0 Å². The van der Waals surface area contributed by atoms with E-state index in [0.717, 1.165) is 0 Å². The van der Waals surface area contributed by atoms with Crippen molar-refractivity contribution >= 4 is 36.7 Å². The van der Waals surface area contributed by atoms with Crippen molar-refractivity contribution in [3.63, 3.8) is 0 Å². The van der Waals surface area contributed by atoms with Crippen LogP contribution >= 0.6 is 0 Å². The lowest BCUT2D eigenvalue weighted by atomic mass is 9.97. The number of fused-ring (bicyclic) bond motifs is 1. The Balaban J connectivity index is 2.73. The van der Waals surface area contributed by atoms with E-state index in [9.17, 15) is 9.59 Å². The molecule has 0 unspecified atom stereocenters. The third kappa shape index (κ3) is 1.82. The Morgan fingerprint density at radius 3 is 2.82 bits per heavy atom. The third-order valence-corrected chi connectivity index (χ3v) is 2.41. The second-order valence-corrected chi connectivity index (χ2v) is 3.89. The molecule has 0 saturated heterocycles. The molecule has 2 rings (SSSR count). The monoisotopic (exact) mass is 227 g/mol. The van der Waals surface area contributed by atoms with Gasteiger partial charge in [-0.1, -0.05) is 11.5 Å². The standard InChI is InChI=1S/C11H10BN3O2/c1-14(2)11(17)15-5-7(6-16)9-3-8(12)4-13-10(9)15/h3-6H,1-2H3. The molecule has 2 heterocycles. The highest BCUT2D eigenvalue weighted by atomic mass is 16.2. The zero-order valence-corrected chi connectivity index (χ0v) is 9.54. The summed E-state index contributed by atoms with van der Waals surface area (Å²) in [5.74, 6) is 0. The first kappa shape index (κ1) is 11.4. The van der Waals surface area contributed by atoms with Crippen molar-refractivity contribution in [2.45, 2.75) is 0 Å². The highest BCUT2D eigenvalue weighted by Crippen LogP contribution is 2.17. The molecule has 6 heteroatoms. The molecule has 0 saturated carbocycles. The van der Waals surface area contributed by atoms with Crippen LogP contribution in [0.5, 0.6) is 0 Å². The van der Waals surface area contributed by atoms with Gasteiger partial charge in [-0.3, -0.25) is 9.36 Å². The Labute approximate surface area is 99.4 Å². The highest BCUT2D eigenvalue weighted by molar-refractivity contribution is 6.33. The number of rotatable bonds is 1. The van der Waals surface area contributed by atoms with Gasteiger partial charge in [0.15, 0.2) is 6.29 Å². The lowest BCUT2D eigenvalue weighted by Gasteiger charge is -2.10. The summed E-state index contributed by atoms with van der Waals surface area (Å²) in [6, 6.07) is 1.37. The minimum Gasteiger partial charge on any atom is -0.330 e. The summed E-state index contributed by atoms with van der Waals surface area (Å²) in [7, 11) is 8.87. The maximum absolute atomic E-state index is 11.9. The number of carbonyl (C=O) groups is 2. The van der Waals surface area contributed by atoms with Crippen LogP contribution in [-0.4, -0.2) is 48.7 Å². The summed E-state index contributed by atoms with van der Waals surface area (Å²) < 4.78 is 1.33. The molecular weight excluding hydrogens is 217 g/mol. The van der Waals surface area contributed by atoms with Gasteiger partial charge in [-0.05, 0) is 0 Å². The zero-order chi connectivity index (χ0) is 12.6. The van der Waals surface area contributed by atoms with Crippen LogP contribution in [0.3, 0.4) is 0 Å². The first-order valence-electron chi connectivity index (χ1n) is 4.98. The summed E-state index contributed by atoms with van der Waals surface area (Å²) in [6.45, 7) is 0. The molecule has 2 aromatic heterocycles. The van der Waals surface area contributed by atoms with Crippen molar-refractivity contribution in [1.82, 2.24) is 14.5 Å². The highest BCUT2D eigenvalue weighted by Gasteiger charge is 2.15. The fourth-order valence-electron chi connectivity index (χ4n) is 1.60. The number of carbonyl (C=O) groups excluding carboxylic acids is 2. The molecule has 2 aromatic rings. The van der Waals surface area contributed by atoms with Crippen LogP contribution in [0.2, 0.25) is 0 Å². The molecule has 0 N–H and O–H groups in total. The number of hydrogen-bond acceptors (Lipinski definition) is 3. The van der Waals surface area contributed by atoms with E-state index in [4.69, 9.17) is 7.85 Å². The molecule has 2 radical (unpaired) electrons. The largest absolute Gasteiger partial charge is 0.330 e. The molecule has 0 aliphatic rings. The molecule has 0 aliphatic heterocycles. The van der Waals surface area contributed by atoms with Crippen LogP contribution in [0.1, 0.15) is 10.4 Å². The van der Waals surface area contributed by atoms with Gasteiger partial charge in [0.05, 0.1) is 0 Å². The van der Waals surface area contributed by atoms with E-state index in [0.29, 0.717) is 28.3 Å². The summed E-state index contributed by atoms with van der Waals surface area (Å²) in [5.41, 5.74) is 1.28. The first-order valence-corrected chi connectivity index (χ1v) is 4.98. The van der Waals surface area contributed by atoms with E-state index in [1.807, 2.05) is 0 Å². The Morgan fingerprint density at radius 1 is 1.53 bits per heavy atom. The topological polar surface area (TPSA) is 55.2 Å². The Hall–Kier alpha value is -2.11. The fourth-order valence-corrected chi connectivity index (χ4v) is 1.60. The molecule has 1 amide bonds. The molecule has 17 heavy (non-hydrogen) atoms. The summed E-state index contributed by atoms with van der Waals surface area (Å²) in [5, 5.41) is 0.579. The van der Waals surface area contributed by atoms with E-state index in [1.165, 1.54) is 21.9 Å². The minimum absolute atomic E-state index is 0.264. The number of hydrogen-bond donors (Lipinski definition) is 0. The predicted octanol–water partition coefficient (Wildman–Crippen LogP) is 0.172. The van der Waals surface area contributed by atoms with Crippen molar-refractivity contribution < 1.29 is 9.59 Å². The maximum Gasteiger partial charge on any atom is 0.329 e. The van der Waals surface area contributed by atoms with Crippen molar-refractivity contribution in [2.75, 3.05) is 14.1 Å². The second kappa shape index (κ2) is 4.05. The van der Waals surface area contributed by atoms with Gasteiger partial charge >= 0.3 is 6.03 Å². The first-order chi connectivity index (χ1) is 8.04. The van der Waals surface area contributed by atoms with Gasteiger partial charge in [-0.25, -0.2) is 9.78 Å². The number of aldehydes is 1. The molecule has 0 bridgehead atoms. The molecule has 0 atom stereocenters. The molecule has 0 aromatic carbocycles. The average molecular weight is 227 g/mol. The maximum atomic E-state index is 11.9. The third-order valence-electron chi connectivity index (χ3n) is 2.41. The number of nitrogens with zero attached hydrogens (tertiary/aromatic N) is 3. The van der Waals surface area contributed by atoms with Crippen molar-refractivity contribution in [2.24, 2.45) is 0 Å². The molecule has 0 spiro atoms. The van der Waals surface area contributed by atoms with Crippen molar-refractivity contribution in [1.29, 1.82) is 0 Å². The SMILES string of the molecule is [B]c1cnc2c(c1)c(C=O)cn2C(=O)N(C)C. The fraction of sp³-hybridized carbons (Fsp3) is 0.182.